The van der Waals surface area contributed by atoms with Crippen molar-refractivity contribution >= 4 is 34.9 Å². The first-order valence-electron chi connectivity index (χ1n) is 9.11. The molecule has 0 heterocycles. The van der Waals surface area contributed by atoms with Gasteiger partial charge in [0.1, 0.15) is 5.69 Å². The lowest BCUT2D eigenvalue weighted by atomic mass is 10.1. The van der Waals surface area contributed by atoms with E-state index in [1.807, 2.05) is 0 Å². The second-order valence-corrected chi connectivity index (χ2v) is 7.20. The van der Waals surface area contributed by atoms with Crippen molar-refractivity contribution in [3.63, 3.8) is 0 Å². The van der Waals surface area contributed by atoms with Gasteiger partial charge in [-0.15, -0.1) is 0 Å². The third-order valence-corrected chi connectivity index (χ3v) is 4.79. The predicted molar refractivity (Wildman–Crippen MR) is 108 cm³/mol. The average Bonchev–Trinajstić information content (AvgIpc) is 3.50. The minimum Gasteiger partial charge on any atom is -0.452 e. The van der Waals surface area contributed by atoms with Gasteiger partial charge in [-0.05, 0) is 43.5 Å². The number of rotatable bonds is 8. The molecule has 2 aromatic rings. The molecule has 152 valence electrons. The molecular formula is C20H20ClN3O5. The number of benzene rings is 2. The number of carbonyl (C=O) groups excluding carboxylic acids is 2. The van der Waals surface area contributed by atoms with Gasteiger partial charge in [0.15, 0.2) is 6.61 Å². The molecule has 0 spiro atoms. The number of nitrogens with one attached hydrogen (secondary N) is 2. The molecule has 1 aliphatic rings. The number of hydrogen-bond donors (Lipinski definition) is 2. The molecule has 0 aromatic heterocycles. The van der Waals surface area contributed by atoms with E-state index in [0.717, 1.165) is 24.5 Å². The van der Waals surface area contributed by atoms with Crippen LogP contribution in [0.15, 0.2) is 42.5 Å². The number of hydrogen-bond acceptors (Lipinski definition) is 6. The highest BCUT2D eigenvalue weighted by Gasteiger charge is 2.26. The molecule has 9 heteroatoms. The van der Waals surface area contributed by atoms with Crippen LogP contribution < -0.4 is 10.6 Å². The van der Waals surface area contributed by atoms with Gasteiger partial charge in [0.25, 0.3) is 11.6 Å². The second kappa shape index (κ2) is 8.91. The molecular weight excluding hydrogens is 398 g/mol. The molecule has 0 radical (unpaired) electrons. The van der Waals surface area contributed by atoms with E-state index >= 15 is 0 Å². The number of nitrogens with zero attached hydrogens (tertiary/aromatic N) is 1. The molecule has 0 bridgehead atoms. The summed E-state index contributed by atoms with van der Waals surface area (Å²) >= 11 is 6.10. The van der Waals surface area contributed by atoms with Crippen LogP contribution in [0.25, 0.3) is 0 Å². The zero-order chi connectivity index (χ0) is 21.0. The van der Waals surface area contributed by atoms with Gasteiger partial charge in [-0.3, -0.25) is 14.9 Å². The molecule has 8 nitrogen and oxygen atoms in total. The Morgan fingerprint density at radius 3 is 2.66 bits per heavy atom. The van der Waals surface area contributed by atoms with Crippen LogP contribution in [0.2, 0.25) is 5.02 Å². The van der Waals surface area contributed by atoms with E-state index in [-0.39, 0.29) is 23.3 Å². The van der Waals surface area contributed by atoms with Crippen LogP contribution >= 0.6 is 11.6 Å². The Bertz CT molecular complexity index is 945. The molecule has 2 N–H and O–H groups in total. The quantitative estimate of drug-likeness (QED) is 0.383. The van der Waals surface area contributed by atoms with E-state index in [9.17, 15) is 19.7 Å². The third-order valence-electron chi connectivity index (χ3n) is 4.45. The zero-order valence-electron chi connectivity index (χ0n) is 15.7. The van der Waals surface area contributed by atoms with E-state index in [2.05, 4.69) is 10.6 Å². The van der Waals surface area contributed by atoms with Crippen molar-refractivity contribution in [3.8, 4) is 0 Å². The Hall–Kier alpha value is -3.13. The van der Waals surface area contributed by atoms with Crippen LogP contribution in [-0.4, -0.2) is 29.4 Å². The van der Waals surface area contributed by atoms with E-state index in [4.69, 9.17) is 16.3 Å². The van der Waals surface area contributed by atoms with Crippen molar-refractivity contribution < 1.29 is 19.2 Å². The SMILES string of the molecule is C[C@@H](NC(=O)COC(=O)c1ccc(NC2CC2)c([N+](=O)[O-])c1)c1ccccc1Cl. The van der Waals surface area contributed by atoms with Crippen molar-refractivity contribution in [1.29, 1.82) is 0 Å². The largest absolute Gasteiger partial charge is 0.452 e. The summed E-state index contributed by atoms with van der Waals surface area (Å²) in [5.41, 5.74) is 0.900. The summed E-state index contributed by atoms with van der Waals surface area (Å²) in [6.45, 7) is 1.25. The van der Waals surface area contributed by atoms with E-state index in [1.165, 1.54) is 12.1 Å². The number of carbonyl (C=O) groups is 2. The van der Waals surface area contributed by atoms with Crippen LogP contribution in [-0.2, 0) is 9.53 Å². The number of esters is 1. The van der Waals surface area contributed by atoms with Gasteiger partial charge in [-0.25, -0.2) is 4.79 Å². The van der Waals surface area contributed by atoms with Crippen molar-refractivity contribution in [3.05, 3.63) is 68.7 Å². The summed E-state index contributed by atoms with van der Waals surface area (Å²) in [6.07, 6.45) is 1.92. The summed E-state index contributed by atoms with van der Waals surface area (Å²) in [4.78, 5) is 35.0. The topological polar surface area (TPSA) is 111 Å². The molecule has 29 heavy (non-hydrogen) atoms. The lowest BCUT2D eigenvalue weighted by Crippen LogP contribution is -2.31. The standard InChI is InChI=1S/C20H20ClN3O5/c1-12(15-4-2-3-5-16(15)21)22-19(25)11-29-20(26)13-6-9-17(23-14-7-8-14)18(10-13)24(27)28/h2-6,9-10,12,14,23H,7-8,11H2,1H3,(H,22,25)/t12-/m1/s1. The monoisotopic (exact) mass is 417 g/mol. The molecule has 1 atom stereocenters. The van der Waals surface area contributed by atoms with Crippen molar-refractivity contribution in [2.75, 3.05) is 11.9 Å². The van der Waals surface area contributed by atoms with Crippen molar-refractivity contribution in [2.24, 2.45) is 0 Å². The average molecular weight is 418 g/mol. The minimum atomic E-state index is -0.813. The zero-order valence-corrected chi connectivity index (χ0v) is 16.4. The molecule has 0 unspecified atom stereocenters. The lowest BCUT2D eigenvalue weighted by molar-refractivity contribution is -0.384. The van der Waals surface area contributed by atoms with E-state index in [1.54, 1.807) is 31.2 Å². The molecule has 1 saturated carbocycles. The maximum atomic E-state index is 12.2. The fourth-order valence-electron chi connectivity index (χ4n) is 2.78. The van der Waals surface area contributed by atoms with Crippen molar-refractivity contribution in [1.82, 2.24) is 5.32 Å². The Balaban J connectivity index is 1.58. The Morgan fingerprint density at radius 1 is 1.28 bits per heavy atom. The maximum Gasteiger partial charge on any atom is 0.338 e. The van der Waals surface area contributed by atoms with E-state index < -0.39 is 23.4 Å². The molecule has 0 aliphatic heterocycles. The van der Waals surface area contributed by atoms with Gasteiger partial charge in [-0.1, -0.05) is 29.8 Å². The normalized spacial score (nSPS) is 14.0. The van der Waals surface area contributed by atoms with Crippen LogP contribution in [0.4, 0.5) is 11.4 Å². The van der Waals surface area contributed by atoms with Crippen LogP contribution in [0.3, 0.4) is 0 Å². The van der Waals surface area contributed by atoms with Gasteiger partial charge in [0.2, 0.25) is 0 Å². The van der Waals surface area contributed by atoms with Crippen LogP contribution in [0, 0.1) is 10.1 Å². The molecule has 1 aliphatic carbocycles. The Kier molecular flexibility index (Phi) is 6.33. The fourth-order valence-corrected chi connectivity index (χ4v) is 3.08. The summed E-state index contributed by atoms with van der Waals surface area (Å²) in [7, 11) is 0. The highest BCUT2D eigenvalue weighted by atomic mass is 35.5. The third kappa shape index (κ3) is 5.45. The number of nitro groups is 1. The Morgan fingerprint density at radius 2 is 2.00 bits per heavy atom. The second-order valence-electron chi connectivity index (χ2n) is 6.79. The van der Waals surface area contributed by atoms with Gasteiger partial charge in [0.05, 0.1) is 16.5 Å². The number of nitro benzene ring substituents is 1. The molecule has 1 fully saturated rings. The van der Waals surface area contributed by atoms with Crippen molar-refractivity contribution in [2.45, 2.75) is 31.8 Å². The molecule has 1 amide bonds. The van der Waals surface area contributed by atoms with Gasteiger partial charge >= 0.3 is 5.97 Å². The van der Waals surface area contributed by atoms with Gasteiger partial charge < -0.3 is 15.4 Å². The number of anilines is 1. The van der Waals surface area contributed by atoms with Gasteiger partial charge in [0, 0.05) is 17.1 Å². The summed E-state index contributed by atoms with van der Waals surface area (Å²) in [6, 6.07) is 11.0. The van der Waals surface area contributed by atoms with E-state index in [0.29, 0.717) is 10.7 Å². The fraction of sp³-hybridized carbons (Fsp3) is 0.300. The number of amides is 1. The first kappa shape index (κ1) is 20.6. The first-order valence-corrected chi connectivity index (χ1v) is 9.49. The van der Waals surface area contributed by atoms with Gasteiger partial charge in [-0.2, -0.15) is 0 Å². The summed E-state index contributed by atoms with van der Waals surface area (Å²) in [5.74, 6) is -1.32. The molecule has 0 saturated heterocycles. The smallest absolute Gasteiger partial charge is 0.338 e. The first-order chi connectivity index (χ1) is 13.8. The molecule has 3 rings (SSSR count). The minimum absolute atomic E-state index is 0.00463. The highest BCUT2D eigenvalue weighted by Crippen LogP contribution is 2.31. The number of halogens is 1. The lowest BCUT2D eigenvalue weighted by Gasteiger charge is -2.15. The number of ether oxygens (including phenoxy) is 1. The molecule has 2 aromatic carbocycles. The Labute approximate surface area is 172 Å². The van der Waals surface area contributed by atoms with Crippen LogP contribution in [0.5, 0.6) is 0 Å². The predicted octanol–water partition coefficient (Wildman–Crippen LogP) is 3.86. The highest BCUT2D eigenvalue weighted by molar-refractivity contribution is 6.31. The summed E-state index contributed by atoms with van der Waals surface area (Å²) in [5, 5.41) is 17.6. The van der Waals surface area contributed by atoms with Crippen LogP contribution in [0.1, 0.15) is 41.7 Å². The summed E-state index contributed by atoms with van der Waals surface area (Å²) < 4.78 is 5.00. The maximum absolute atomic E-state index is 12.2.